The minimum atomic E-state index is -0.459. The summed E-state index contributed by atoms with van der Waals surface area (Å²) < 4.78 is 13.4. The zero-order chi connectivity index (χ0) is 12.7. The van der Waals surface area contributed by atoms with E-state index in [0.717, 1.165) is 5.52 Å². The fourth-order valence-corrected chi connectivity index (χ4v) is 2.03. The third kappa shape index (κ3) is 1.71. The van der Waals surface area contributed by atoms with Crippen LogP contribution in [0.15, 0.2) is 36.4 Å². The molecule has 3 aromatic rings. The highest BCUT2D eigenvalue weighted by Crippen LogP contribution is 2.26. The number of nitrogen functional groups attached to an aromatic ring is 1. The number of nitrogens with zero attached hydrogens (tertiary/aromatic N) is 1. The summed E-state index contributed by atoms with van der Waals surface area (Å²) in [6.45, 7) is 0. The fraction of sp³-hybridized carbons (Fsp3) is 0. The predicted molar refractivity (Wildman–Crippen MR) is 70.9 cm³/mol. The van der Waals surface area contributed by atoms with Crippen LogP contribution >= 0.6 is 11.6 Å². The summed E-state index contributed by atoms with van der Waals surface area (Å²) in [5.41, 5.74) is 7.68. The lowest BCUT2D eigenvalue weighted by Gasteiger charge is -1.99. The molecule has 1 heterocycles. The first kappa shape index (κ1) is 11.0. The molecular weight excluding hydrogens is 253 g/mol. The van der Waals surface area contributed by atoms with E-state index in [1.54, 1.807) is 12.1 Å². The molecule has 0 atom stereocenters. The fourth-order valence-electron chi connectivity index (χ4n) is 1.81. The molecule has 3 N–H and O–H groups in total. The van der Waals surface area contributed by atoms with Gasteiger partial charge in [0.25, 0.3) is 0 Å². The van der Waals surface area contributed by atoms with Crippen molar-refractivity contribution in [3.05, 3.63) is 47.2 Å². The van der Waals surface area contributed by atoms with Gasteiger partial charge in [-0.2, -0.15) is 0 Å². The summed E-state index contributed by atoms with van der Waals surface area (Å²) in [6, 6.07) is 10.0. The smallest absolute Gasteiger partial charge is 0.146 e. The van der Waals surface area contributed by atoms with Gasteiger partial charge in [-0.05, 0) is 30.3 Å². The standard InChI is InChI=1S/C13H9ClFN3/c14-8-2-1-3-11-12(8)18-13(17-11)7-4-5-10(16)9(15)6-7/h1-6H,16H2,(H,17,18). The Kier molecular flexibility index (Phi) is 2.45. The van der Waals surface area contributed by atoms with Crippen molar-refractivity contribution in [2.45, 2.75) is 0 Å². The number of para-hydroxylation sites is 1. The van der Waals surface area contributed by atoms with E-state index in [-0.39, 0.29) is 5.69 Å². The molecule has 0 aliphatic heterocycles. The van der Waals surface area contributed by atoms with Crippen LogP contribution in [0.1, 0.15) is 0 Å². The van der Waals surface area contributed by atoms with Crippen molar-refractivity contribution in [3.8, 4) is 11.4 Å². The van der Waals surface area contributed by atoms with Crippen LogP contribution in [0.2, 0.25) is 5.02 Å². The lowest BCUT2D eigenvalue weighted by molar-refractivity contribution is 0.633. The zero-order valence-corrected chi connectivity index (χ0v) is 10.0. The minimum absolute atomic E-state index is 0.118. The molecule has 0 bridgehead atoms. The maximum Gasteiger partial charge on any atom is 0.146 e. The van der Waals surface area contributed by atoms with Crippen LogP contribution in [0, 0.1) is 5.82 Å². The van der Waals surface area contributed by atoms with Crippen LogP contribution < -0.4 is 5.73 Å². The number of aromatic amines is 1. The monoisotopic (exact) mass is 261 g/mol. The molecule has 0 radical (unpaired) electrons. The van der Waals surface area contributed by atoms with Gasteiger partial charge in [-0.1, -0.05) is 17.7 Å². The third-order valence-corrected chi connectivity index (χ3v) is 3.04. The van der Waals surface area contributed by atoms with Crippen LogP contribution in [-0.2, 0) is 0 Å². The van der Waals surface area contributed by atoms with Crippen molar-refractivity contribution in [3.63, 3.8) is 0 Å². The Balaban J connectivity index is 2.19. The highest BCUT2D eigenvalue weighted by atomic mass is 35.5. The van der Waals surface area contributed by atoms with Gasteiger partial charge in [0.05, 0.1) is 16.2 Å². The van der Waals surface area contributed by atoms with E-state index < -0.39 is 5.82 Å². The lowest BCUT2D eigenvalue weighted by Crippen LogP contribution is -1.91. The Morgan fingerprint density at radius 1 is 1.22 bits per heavy atom. The Morgan fingerprint density at radius 2 is 2.06 bits per heavy atom. The summed E-state index contributed by atoms with van der Waals surface area (Å²) in [5, 5.41) is 0.561. The van der Waals surface area contributed by atoms with E-state index in [9.17, 15) is 4.39 Å². The first-order valence-electron chi connectivity index (χ1n) is 5.35. The Bertz CT molecular complexity index is 736. The molecule has 1 aromatic heterocycles. The third-order valence-electron chi connectivity index (χ3n) is 2.74. The van der Waals surface area contributed by atoms with E-state index in [1.807, 2.05) is 12.1 Å². The molecule has 0 amide bonds. The van der Waals surface area contributed by atoms with E-state index in [2.05, 4.69) is 9.97 Å². The Morgan fingerprint density at radius 3 is 2.78 bits per heavy atom. The van der Waals surface area contributed by atoms with Gasteiger partial charge in [0, 0.05) is 5.56 Å². The van der Waals surface area contributed by atoms with Gasteiger partial charge in [0.1, 0.15) is 17.2 Å². The number of nitrogens with two attached hydrogens (primary N) is 1. The van der Waals surface area contributed by atoms with Crippen molar-refractivity contribution in [2.75, 3.05) is 5.73 Å². The van der Waals surface area contributed by atoms with Gasteiger partial charge < -0.3 is 10.7 Å². The highest BCUT2D eigenvalue weighted by molar-refractivity contribution is 6.34. The first-order valence-corrected chi connectivity index (χ1v) is 5.72. The predicted octanol–water partition coefficient (Wildman–Crippen LogP) is 3.60. The van der Waals surface area contributed by atoms with Gasteiger partial charge in [-0.15, -0.1) is 0 Å². The maximum atomic E-state index is 13.4. The molecule has 18 heavy (non-hydrogen) atoms. The van der Waals surface area contributed by atoms with Crippen LogP contribution in [0.25, 0.3) is 22.4 Å². The molecule has 0 aliphatic carbocycles. The van der Waals surface area contributed by atoms with E-state index in [4.69, 9.17) is 17.3 Å². The molecule has 2 aromatic carbocycles. The molecule has 0 spiro atoms. The van der Waals surface area contributed by atoms with Crippen molar-refractivity contribution in [1.29, 1.82) is 0 Å². The summed E-state index contributed by atoms with van der Waals surface area (Å²) in [6.07, 6.45) is 0. The number of anilines is 1. The zero-order valence-electron chi connectivity index (χ0n) is 9.24. The normalized spacial score (nSPS) is 11.0. The van der Waals surface area contributed by atoms with E-state index >= 15 is 0 Å². The van der Waals surface area contributed by atoms with Crippen molar-refractivity contribution in [2.24, 2.45) is 0 Å². The van der Waals surface area contributed by atoms with Crippen molar-refractivity contribution >= 4 is 28.3 Å². The Labute approximate surface area is 107 Å². The largest absolute Gasteiger partial charge is 0.396 e. The molecule has 5 heteroatoms. The number of aromatic nitrogens is 2. The number of rotatable bonds is 1. The maximum absolute atomic E-state index is 13.4. The minimum Gasteiger partial charge on any atom is -0.396 e. The van der Waals surface area contributed by atoms with Crippen LogP contribution in [0.4, 0.5) is 10.1 Å². The Hall–Kier alpha value is -2.07. The average molecular weight is 262 g/mol. The number of H-pyrrole nitrogens is 1. The SMILES string of the molecule is Nc1ccc(-c2nc3c(Cl)cccc3[nH]2)cc1F. The van der Waals surface area contributed by atoms with Gasteiger partial charge >= 0.3 is 0 Å². The second-order valence-corrected chi connectivity index (χ2v) is 4.36. The second kappa shape index (κ2) is 3.99. The number of benzene rings is 2. The van der Waals surface area contributed by atoms with Gasteiger partial charge in [-0.3, -0.25) is 0 Å². The summed E-state index contributed by atoms with van der Waals surface area (Å²) in [7, 11) is 0. The first-order chi connectivity index (χ1) is 8.65. The number of hydrogen-bond donors (Lipinski definition) is 2. The topological polar surface area (TPSA) is 54.7 Å². The molecule has 0 unspecified atom stereocenters. The van der Waals surface area contributed by atoms with Gasteiger partial charge in [-0.25, -0.2) is 9.37 Å². The molecule has 0 fully saturated rings. The molecule has 0 saturated carbocycles. The van der Waals surface area contributed by atoms with Gasteiger partial charge in [0.2, 0.25) is 0 Å². The van der Waals surface area contributed by atoms with Crippen LogP contribution in [0.5, 0.6) is 0 Å². The van der Waals surface area contributed by atoms with E-state index in [0.29, 0.717) is 21.9 Å². The number of imidazole rings is 1. The quantitative estimate of drug-likeness (QED) is 0.658. The molecule has 0 aliphatic rings. The van der Waals surface area contributed by atoms with Crippen LogP contribution in [-0.4, -0.2) is 9.97 Å². The summed E-state index contributed by atoms with van der Waals surface area (Å²) in [4.78, 5) is 7.45. The number of nitrogens with one attached hydrogen (secondary N) is 1. The summed E-state index contributed by atoms with van der Waals surface area (Å²) >= 11 is 6.04. The molecule has 0 saturated heterocycles. The van der Waals surface area contributed by atoms with Crippen molar-refractivity contribution < 1.29 is 4.39 Å². The van der Waals surface area contributed by atoms with Crippen LogP contribution in [0.3, 0.4) is 0 Å². The average Bonchev–Trinajstić information content (AvgIpc) is 2.78. The van der Waals surface area contributed by atoms with Crippen molar-refractivity contribution in [1.82, 2.24) is 9.97 Å². The number of hydrogen-bond acceptors (Lipinski definition) is 2. The number of fused-ring (bicyclic) bond motifs is 1. The molecule has 3 nitrogen and oxygen atoms in total. The van der Waals surface area contributed by atoms with Gasteiger partial charge in [0.15, 0.2) is 0 Å². The number of halogens is 2. The second-order valence-electron chi connectivity index (χ2n) is 3.96. The van der Waals surface area contributed by atoms with E-state index in [1.165, 1.54) is 12.1 Å². The highest BCUT2D eigenvalue weighted by Gasteiger charge is 2.09. The molecule has 3 rings (SSSR count). The summed E-state index contributed by atoms with van der Waals surface area (Å²) in [5.74, 6) is 0.107. The molecular formula is C13H9ClFN3. The lowest BCUT2D eigenvalue weighted by atomic mass is 10.2. The molecule has 90 valence electrons.